The minimum atomic E-state index is -0.621. The maximum absolute atomic E-state index is 12.8. The first-order valence-electron chi connectivity index (χ1n) is 4.85. The van der Waals surface area contributed by atoms with Gasteiger partial charge in [0.2, 0.25) is 0 Å². The standard InChI is InChI=1S/C11H14F2OS/c1-2-8(7-15)6-14-11-4-9(12)3-10(13)5-11/h3-5,8,15H,2,6-7H2,1H3. The van der Waals surface area contributed by atoms with Crippen molar-refractivity contribution in [2.75, 3.05) is 12.4 Å². The van der Waals surface area contributed by atoms with E-state index in [-0.39, 0.29) is 5.75 Å². The predicted octanol–water partition coefficient (Wildman–Crippen LogP) is 3.30. The van der Waals surface area contributed by atoms with Gasteiger partial charge in [-0.05, 0) is 12.2 Å². The smallest absolute Gasteiger partial charge is 0.129 e. The van der Waals surface area contributed by atoms with Gasteiger partial charge in [-0.1, -0.05) is 6.92 Å². The molecule has 15 heavy (non-hydrogen) atoms. The fourth-order valence-corrected chi connectivity index (χ4v) is 1.49. The van der Waals surface area contributed by atoms with Crippen molar-refractivity contribution in [2.45, 2.75) is 13.3 Å². The lowest BCUT2D eigenvalue weighted by molar-refractivity contribution is 0.257. The Bertz CT molecular complexity index is 293. The molecule has 0 fully saturated rings. The molecule has 0 aliphatic rings. The van der Waals surface area contributed by atoms with E-state index in [2.05, 4.69) is 12.6 Å². The fourth-order valence-electron chi connectivity index (χ4n) is 1.13. The molecule has 0 aromatic heterocycles. The minimum absolute atomic E-state index is 0.229. The molecular formula is C11H14F2OS. The van der Waals surface area contributed by atoms with Crippen molar-refractivity contribution in [2.24, 2.45) is 5.92 Å². The summed E-state index contributed by atoms with van der Waals surface area (Å²) in [5.74, 6) is -0.00544. The molecule has 0 radical (unpaired) electrons. The largest absolute Gasteiger partial charge is 0.493 e. The van der Waals surface area contributed by atoms with E-state index in [1.165, 1.54) is 12.1 Å². The molecular weight excluding hydrogens is 218 g/mol. The molecule has 0 aliphatic carbocycles. The van der Waals surface area contributed by atoms with Crippen molar-refractivity contribution in [3.8, 4) is 5.75 Å². The van der Waals surface area contributed by atoms with E-state index in [1.807, 2.05) is 6.92 Å². The second kappa shape index (κ2) is 5.95. The van der Waals surface area contributed by atoms with Gasteiger partial charge in [-0.3, -0.25) is 0 Å². The molecule has 84 valence electrons. The van der Waals surface area contributed by atoms with Crippen LogP contribution in [0.2, 0.25) is 0 Å². The van der Waals surface area contributed by atoms with Crippen LogP contribution in [-0.2, 0) is 0 Å². The number of rotatable bonds is 5. The lowest BCUT2D eigenvalue weighted by atomic mass is 10.1. The van der Waals surface area contributed by atoms with E-state index in [1.54, 1.807) is 0 Å². The molecule has 0 N–H and O–H groups in total. The van der Waals surface area contributed by atoms with Gasteiger partial charge >= 0.3 is 0 Å². The Kier molecular flexibility index (Phi) is 4.88. The molecule has 1 atom stereocenters. The van der Waals surface area contributed by atoms with Crippen molar-refractivity contribution in [3.05, 3.63) is 29.8 Å². The summed E-state index contributed by atoms with van der Waals surface area (Å²) in [7, 11) is 0. The van der Waals surface area contributed by atoms with Crippen LogP contribution in [0.25, 0.3) is 0 Å². The first-order valence-corrected chi connectivity index (χ1v) is 5.48. The van der Waals surface area contributed by atoms with Gasteiger partial charge in [-0.15, -0.1) is 0 Å². The van der Waals surface area contributed by atoms with E-state index in [0.29, 0.717) is 18.3 Å². The molecule has 0 heterocycles. The molecule has 1 unspecified atom stereocenters. The molecule has 0 amide bonds. The number of hydrogen-bond donors (Lipinski definition) is 1. The third kappa shape index (κ3) is 4.08. The lowest BCUT2D eigenvalue weighted by Gasteiger charge is -2.13. The van der Waals surface area contributed by atoms with Gasteiger partial charge in [0.25, 0.3) is 0 Å². The Hall–Kier alpha value is -0.770. The summed E-state index contributed by atoms with van der Waals surface area (Å²) in [6.07, 6.45) is 0.932. The normalized spacial score (nSPS) is 12.5. The average Bonchev–Trinajstić information content (AvgIpc) is 2.18. The Balaban J connectivity index is 2.57. The highest BCUT2D eigenvalue weighted by atomic mass is 32.1. The van der Waals surface area contributed by atoms with Gasteiger partial charge in [-0.2, -0.15) is 12.6 Å². The summed E-state index contributed by atoms with van der Waals surface area (Å²) >= 11 is 4.15. The summed E-state index contributed by atoms with van der Waals surface area (Å²) in [5.41, 5.74) is 0. The molecule has 0 saturated heterocycles. The predicted molar refractivity (Wildman–Crippen MR) is 59.5 cm³/mol. The van der Waals surface area contributed by atoms with Crippen LogP contribution in [0.5, 0.6) is 5.75 Å². The fraction of sp³-hybridized carbons (Fsp3) is 0.455. The summed E-state index contributed by atoms with van der Waals surface area (Å²) < 4.78 is 30.8. The van der Waals surface area contributed by atoms with Crippen molar-refractivity contribution >= 4 is 12.6 Å². The highest BCUT2D eigenvalue weighted by Gasteiger charge is 2.06. The first-order chi connectivity index (χ1) is 7.15. The number of halogens is 2. The van der Waals surface area contributed by atoms with E-state index >= 15 is 0 Å². The third-order valence-corrected chi connectivity index (χ3v) is 2.67. The van der Waals surface area contributed by atoms with Crippen LogP contribution in [0.15, 0.2) is 18.2 Å². The van der Waals surface area contributed by atoms with Crippen LogP contribution in [0.4, 0.5) is 8.78 Å². The molecule has 1 aromatic rings. The maximum Gasteiger partial charge on any atom is 0.129 e. The van der Waals surface area contributed by atoms with Crippen molar-refractivity contribution in [1.29, 1.82) is 0 Å². The van der Waals surface area contributed by atoms with Crippen LogP contribution in [0, 0.1) is 17.6 Å². The van der Waals surface area contributed by atoms with Gasteiger partial charge in [-0.25, -0.2) is 8.78 Å². The Morgan fingerprint density at radius 3 is 2.33 bits per heavy atom. The van der Waals surface area contributed by atoms with Gasteiger partial charge in [0, 0.05) is 24.1 Å². The van der Waals surface area contributed by atoms with Crippen LogP contribution in [0.1, 0.15) is 13.3 Å². The van der Waals surface area contributed by atoms with Gasteiger partial charge in [0.1, 0.15) is 17.4 Å². The van der Waals surface area contributed by atoms with Crippen molar-refractivity contribution in [1.82, 2.24) is 0 Å². The SMILES string of the molecule is CCC(CS)COc1cc(F)cc(F)c1. The van der Waals surface area contributed by atoms with Gasteiger partial charge < -0.3 is 4.74 Å². The molecule has 0 aliphatic heterocycles. The van der Waals surface area contributed by atoms with E-state index in [4.69, 9.17) is 4.74 Å². The topological polar surface area (TPSA) is 9.23 Å². The second-order valence-corrected chi connectivity index (χ2v) is 3.74. The van der Waals surface area contributed by atoms with E-state index < -0.39 is 11.6 Å². The van der Waals surface area contributed by atoms with Gasteiger partial charge in [0.05, 0.1) is 6.61 Å². The van der Waals surface area contributed by atoms with Crippen LogP contribution in [0.3, 0.4) is 0 Å². The molecule has 1 aromatic carbocycles. The quantitative estimate of drug-likeness (QED) is 0.766. The van der Waals surface area contributed by atoms with Crippen molar-refractivity contribution < 1.29 is 13.5 Å². The number of ether oxygens (including phenoxy) is 1. The summed E-state index contributed by atoms with van der Waals surface area (Å²) in [6, 6.07) is 3.17. The Labute approximate surface area is 93.9 Å². The van der Waals surface area contributed by atoms with E-state index in [9.17, 15) is 8.78 Å². The molecule has 1 nitrogen and oxygen atoms in total. The minimum Gasteiger partial charge on any atom is -0.493 e. The maximum atomic E-state index is 12.8. The summed E-state index contributed by atoms with van der Waals surface area (Å²) in [4.78, 5) is 0. The monoisotopic (exact) mass is 232 g/mol. The molecule has 0 bridgehead atoms. The zero-order valence-corrected chi connectivity index (χ0v) is 9.44. The number of benzene rings is 1. The highest BCUT2D eigenvalue weighted by Crippen LogP contribution is 2.17. The number of thiol groups is 1. The van der Waals surface area contributed by atoms with Crippen LogP contribution >= 0.6 is 12.6 Å². The molecule has 4 heteroatoms. The van der Waals surface area contributed by atoms with Crippen LogP contribution in [-0.4, -0.2) is 12.4 Å². The average molecular weight is 232 g/mol. The molecule has 0 saturated carbocycles. The zero-order valence-electron chi connectivity index (χ0n) is 8.54. The Morgan fingerprint density at radius 2 is 1.87 bits per heavy atom. The second-order valence-electron chi connectivity index (χ2n) is 3.37. The lowest BCUT2D eigenvalue weighted by Crippen LogP contribution is -2.12. The van der Waals surface area contributed by atoms with E-state index in [0.717, 1.165) is 12.5 Å². The summed E-state index contributed by atoms with van der Waals surface area (Å²) in [6.45, 7) is 2.46. The first kappa shape index (κ1) is 12.3. The molecule has 0 spiro atoms. The number of hydrogen-bond acceptors (Lipinski definition) is 2. The van der Waals surface area contributed by atoms with Crippen LogP contribution < -0.4 is 4.74 Å². The highest BCUT2D eigenvalue weighted by molar-refractivity contribution is 7.80. The summed E-state index contributed by atoms with van der Waals surface area (Å²) in [5, 5.41) is 0. The molecule has 1 rings (SSSR count). The van der Waals surface area contributed by atoms with Crippen molar-refractivity contribution in [3.63, 3.8) is 0 Å². The Morgan fingerprint density at radius 1 is 1.27 bits per heavy atom. The van der Waals surface area contributed by atoms with Gasteiger partial charge in [0.15, 0.2) is 0 Å². The zero-order chi connectivity index (χ0) is 11.3. The third-order valence-electron chi connectivity index (χ3n) is 2.16.